The third-order valence-corrected chi connectivity index (χ3v) is 6.52. The molecule has 3 atom stereocenters. The molecule has 2 heterocycles. The first-order valence-corrected chi connectivity index (χ1v) is 9.54. The standard InChI is InChI=1S/C14H23NO4S2/c1-10(16)15-12(13(17)18)3-6-21-11-2-5-19-14(8-11)4-7-20-9-14/h11-12H,2-9H2,1H3,(H,15,16)(H,17,18). The minimum atomic E-state index is -0.957. The molecule has 2 aliphatic rings. The van der Waals surface area contributed by atoms with Crippen molar-refractivity contribution >= 4 is 35.4 Å². The van der Waals surface area contributed by atoms with E-state index in [0.717, 1.165) is 37.4 Å². The van der Waals surface area contributed by atoms with Gasteiger partial charge in [0.2, 0.25) is 5.91 Å². The van der Waals surface area contributed by atoms with E-state index < -0.39 is 12.0 Å². The Bertz CT molecular complexity index is 385. The largest absolute Gasteiger partial charge is 0.480 e. The molecule has 3 unspecified atom stereocenters. The Morgan fingerprint density at radius 2 is 2.38 bits per heavy atom. The van der Waals surface area contributed by atoms with Crippen molar-refractivity contribution in [3.63, 3.8) is 0 Å². The summed E-state index contributed by atoms with van der Waals surface area (Å²) < 4.78 is 5.99. The van der Waals surface area contributed by atoms with Crippen molar-refractivity contribution in [2.75, 3.05) is 23.9 Å². The Morgan fingerprint density at radius 1 is 1.57 bits per heavy atom. The first-order chi connectivity index (χ1) is 10.0. The first kappa shape index (κ1) is 17.0. The lowest BCUT2D eigenvalue weighted by atomic mass is 9.93. The van der Waals surface area contributed by atoms with Crippen LogP contribution in [0.5, 0.6) is 0 Å². The highest BCUT2D eigenvalue weighted by atomic mass is 32.2. The minimum Gasteiger partial charge on any atom is -0.480 e. The van der Waals surface area contributed by atoms with Gasteiger partial charge < -0.3 is 15.2 Å². The zero-order valence-corrected chi connectivity index (χ0v) is 13.9. The molecule has 0 aliphatic carbocycles. The molecule has 2 saturated heterocycles. The van der Waals surface area contributed by atoms with E-state index >= 15 is 0 Å². The van der Waals surface area contributed by atoms with Crippen molar-refractivity contribution in [3.05, 3.63) is 0 Å². The summed E-state index contributed by atoms with van der Waals surface area (Å²) in [5.41, 5.74) is 0.0738. The van der Waals surface area contributed by atoms with Gasteiger partial charge in [0.05, 0.1) is 5.60 Å². The molecule has 2 rings (SSSR count). The number of nitrogens with one attached hydrogen (secondary N) is 1. The van der Waals surface area contributed by atoms with E-state index in [-0.39, 0.29) is 11.5 Å². The zero-order chi connectivity index (χ0) is 15.3. The summed E-state index contributed by atoms with van der Waals surface area (Å²) in [6, 6.07) is -0.772. The van der Waals surface area contributed by atoms with Gasteiger partial charge in [0.1, 0.15) is 6.04 Å². The number of amides is 1. The predicted octanol–water partition coefficient (Wildman–Crippen LogP) is 1.75. The Balaban J connectivity index is 1.74. The zero-order valence-electron chi connectivity index (χ0n) is 12.3. The highest BCUT2D eigenvalue weighted by Gasteiger charge is 2.40. The minimum absolute atomic E-state index is 0.0738. The number of carbonyl (C=O) groups excluding carboxylic acids is 1. The van der Waals surface area contributed by atoms with Gasteiger partial charge in [-0.1, -0.05) is 0 Å². The van der Waals surface area contributed by atoms with Crippen LogP contribution in [0.1, 0.15) is 32.6 Å². The van der Waals surface area contributed by atoms with Gasteiger partial charge in [-0.3, -0.25) is 4.79 Å². The number of ether oxygens (including phenoxy) is 1. The van der Waals surface area contributed by atoms with E-state index in [2.05, 4.69) is 5.32 Å². The van der Waals surface area contributed by atoms with E-state index in [0.29, 0.717) is 11.7 Å². The Hall–Kier alpha value is -0.400. The third-order valence-electron chi connectivity index (χ3n) is 3.95. The molecule has 1 spiro atoms. The SMILES string of the molecule is CC(=O)NC(CCSC1CCOC2(CCSC2)C1)C(=O)O. The maximum absolute atomic E-state index is 11.1. The molecular weight excluding hydrogens is 310 g/mol. The predicted molar refractivity (Wildman–Crippen MR) is 86.0 cm³/mol. The van der Waals surface area contributed by atoms with Gasteiger partial charge in [-0.05, 0) is 37.2 Å². The Labute approximate surface area is 133 Å². The van der Waals surface area contributed by atoms with Gasteiger partial charge in [-0.25, -0.2) is 4.79 Å². The van der Waals surface area contributed by atoms with Crippen molar-refractivity contribution in [2.45, 2.75) is 49.5 Å². The highest BCUT2D eigenvalue weighted by Crippen LogP contribution is 2.41. The smallest absolute Gasteiger partial charge is 0.326 e. The fourth-order valence-corrected chi connectivity index (χ4v) is 5.61. The second kappa shape index (κ2) is 7.74. The van der Waals surface area contributed by atoms with Crippen molar-refractivity contribution in [1.82, 2.24) is 5.32 Å². The number of carboxylic acid groups (broad SMARTS) is 1. The lowest BCUT2D eigenvalue weighted by Crippen LogP contribution is -2.42. The van der Waals surface area contributed by atoms with E-state index in [1.165, 1.54) is 12.7 Å². The molecule has 0 radical (unpaired) electrons. The van der Waals surface area contributed by atoms with Crippen molar-refractivity contribution < 1.29 is 19.4 Å². The van der Waals surface area contributed by atoms with Gasteiger partial charge in [-0.2, -0.15) is 23.5 Å². The van der Waals surface area contributed by atoms with Crippen LogP contribution in [0.2, 0.25) is 0 Å². The summed E-state index contributed by atoms with van der Waals surface area (Å²) in [5, 5.41) is 12.1. The molecule has 7 heteroatoms. The van der Waals surface area contributed by atoms with E-state index in [4.69, 9.17) is 9.84 Å². The van der Waals surface area contributed by atoms with Crippen LogP contribution in [0.25, 0.3) is 0 Å². The Morgan fingerprint density at radius 3 is 3.00 bits per heavy atom. The van der Waals surface area contributed by atoms with Crippen LogP contribution in [-0.2, 0) is 14.3 Å². The molecule has 21 heavy (non-hydrogen) atoms. The molecule has 2 N–H and O–H groups in total. The van der Waals surface area contributed by atoms with Crippen LogP contribution < -0.4 is 5.32 Å². The van der Waals surface area contributed by atoms with Gasteiger partial charge in [0.25, 0.3) is 0 Å². The molecular formula is C14H23NO4S2. The fourth-order valence-electron chi connectivity index (χ4n) is 2.84. The number of hydrogen-bond donors (Lipinski definition) is 2. The van der Waals surface area contributed by atoms with E-state index in [1.54, 1.807) is 0 Å². The molecule has 2 aliphatic heterocycles. The number of aliphatic carboxylic acids is 1. The normalized spacial score (nSPS) is 30.2. The molecule has 0 aromatic carbocycles. The maximum atomic E-state index is 11.1. The van der Waals surface area contributed by atoms with Crippen molar-refractivity contribution in [3.8, 4) is 0 Å². The van der Waals surface area contributed by atoms with Crippen molar-refractivity contribution in [2.24, 2.45) is 0 Å². The molecule has 1 amide bonds. The number of thioether (sulfide) groups is 2. The quantitative estimate of drug-likeness (QED) is 0.771. The number of carboxylic acids is 1. The van der Waals surface area contributed by atoms with Crippen LogP contribution in [0.3, 0.4) is 0 Å². The molecule has 5 nitrogen and oxygen atoms in total. The number of carbonyl (C=O) groups is 2. The molecule has 120 valence electrons. The van der Waals surface area contributed by atoms with Crippen LogP contribution in [0, 0.1) is 0 Å². The third kappa shape index (κ3) is 5.07. The summed E-state index contributed by atoms with van der Waals surface area (Å²) in [6.45, 7) is 2.16. The Kier molecular flexibility index (Phi) is 6.25. The summed E-state index contributed by atoms with van der Waals surface area (Å²) in [6.07, 6.45) is 3.72. The van der Waals surface area contributed by atoms with Crippen LogP contribution in [0.15, 0.2) is 0 Å². The monoisotopic (exact) mass is 333 g/mol. The molecule has 2 fully saturated rings. The average molecular weight is 333 g/mol. The summed E-state index contributed by atoms with van der Waals surface area (Å²) in [4.78, 5) is 22.1. The summed E-state index contributed by atoms with van der Waals surface area (Å²) >= 11 is 3.79. The first-order valence-electron chi connectivity index (χ1n) is 7.34. The van der Waals surface area contributed by atoms with Crippen molar-refractivity contribution in [1.29, 1.82) is 0 Å². The maximum Gasteiger partial charge on any atom is 0.326 e. The fraction of sp³-hybridized carbons (Fsp3) is 0.857. The topological polar surface area (TPSA) is 75.6 Å². The molecule has 0 aromatic rings. The van der Waals surface area contributed by atoms with E-state index in [9.17, 15) is 9.59 Å². The summed E-state index contributed by atoms with van der Waals surface area (Å²) in [7, 11) is 0. The van der Waals surface area contributed by atoms with E-state index in [1.807, 2.05) is 23.5 Å². The van der Waals surface area contributed by atoms with Gasteiger partial charge in [-0.15, -0.1) is 0 Å². The van der Waals surface area contributed by atoms with Gasteiger partial charge >= 0.3 is 5.97 Å². The van der Waals surface area contributed by atoms with Crippen LogP contribution in [0.4, 0.5) is 0 Å². The molecule has 0 saturated carbocycles. The van der Waals surface area contributed by atoms with Crippen LogP contribution in [-0.4, -0.2) is 57.7 Å². The van der Waals surface area contributed by atoms with Gasteiger partial charge in [0, 0.05) is 24.5 Å². The molecule has 0 bridgehead atoms. The number of rotatable bonds is 6. The second-order valence-corrected chi connectivity index (χ2v) is 8.21. The lowest BCUT2D eigenvalue weighted by molar-refractivity contribution is -0.141. The number of hydrogen-bond acceptors (Lipinski definition) is 5. The average Bonchev–Trinajstić information content (AvgIpc) is 2.85. The van der Waals surface area contributed by atoms with Crippen LogP contribution >= 0.6 is 23.5 Å². The van der Waals surface area contributed by atoms with Gasteiger partial charge in [0.15, 0.2) is 0 Å². The molecule has 0 aromatic heterocycles. The summed E-state index contributed by atoms with van der Waals surface area (Å²) in [5.74, 6) is 1.78. The highest BCUT2D eigenvalue weighted by molar-refractivity contribution is 8.00. The second-order valence-electron chi connectivity index (χ2n) is 5.70. The lowest BCUT2D eigenvalue weighted by Gasteiger charge is -2.37.